The van der Waals surface area contributed by atoms with Gasteiger partial charge >= 0.3 is 0 Å². The highest BCUT2D eigenvalue weighted by Gasteiger charge is 2.23. The van der Waals surface area contributed by atoms with E-state index in [1.807, 2.05) is 30.3 Å². The van der Waals surface area contributed by atoms with Crippen LogP contribution in [0.5, 0.6) is 0 Å². The molecule has 1 aliphatic heterocycles. The second kappa shape index (κ2) is 7.92. The van der Waals surface area contributed by atoms with E-state index in [-0.39, 0.29) is 24.1 Å². The summed E-state index contributed by atoms with van der Waals surface area (Å²) < 4.78 is 13.0. The predicted octanol–water partition coefficient (Wildman–Crippen LogP) is 2.63. The second-order valence-electron chi connectivity index (χ2n) is 6.23. The Bertz CT molecular complexity index is 731. The van der Waals surface area contributed by atoms with Crippen molar-refractivity contribution in [2.75, 3.05) is 19.6 Å². The van der Waals surface area contributed by atoms with Crippen molar-refractivity contribution in [2.24, 2.45) is 0 Å². The van der Waals surface area contributed by atoms with Crippen molar-refractivity contribution >= 4 is 11.8 Å². The molecule has 1 aliphatic rings. The molecular formula is C20H21FN2O2. The average molecular weight is 340 g/mol. The molecule has 0 atom stereocenters. The maximum Gasteiger partial charge on any atom is 0.227 e. The van der Waals surface area contributed by atoms with E-state index in [4.69, 9.17) is 0 Å². The fourth-order valence-electron chi connectivity index (χ4n) is 2.98. The van der Waals surface area contributed by atoms with Crippen LogP contribution in [-0.4, -0.2) is 41.2 Å². The molecule has 25 heavy (non-hydrogen) atoms. The Morgan fingerprint density at radius 3 is 2.36 bits per heavy atom. The van der Waals surface area contributed by atoms with Crippen LogP contribution in [0.2, 0.25) is 0 Å². The summed E-state index contributed by atoms with van der Waals surface area (Å²) in [5.74, 6) is -0.268. The molecule has 2 aromatic carbocycles. The smallest absolute Gasteiger partial charge is 0.227 e. The van der Waals surface area contributed by atoms with Gasteiger partial charge in [0.15, 0.2) is 0 Å². The minimum atomic E-state index is -0.312. The van der Waals surface area contributed by atoms with E-state index >= 15 is 0 Å². The lowest BCUT2D eigenvalue weighted by Crippen LogP contribution is -2.36. The van der Waals surface area contributed by atoms with Crippen molar-refractivity contribution in [1.29, 1.82) is 0 Å². The third kappa shape index (κ3) is 4.66. The Labute approximate surface area is 146 Å². The van der Waals surface area contributed by atoms with Gasteiger partial charge < -0.3 is 9.80 Å². The molecule has 0 unspecified atom stereocenters. The Balaban J connectivity index is 1.59. The number of carbonyl (C=O) groups is 2. The van der Waals surface area contributed by atoms with Crippen molar-refractivity contribution < 1.29 is 14.0 Å². The number of rotatable bonds is 4. The largest absolute Gasteiger partial charge is 0.340 e. The maximum absolute atomic E-state index is 13.0. The zero-order valence-corrected chi connectivity index (χ0v) is 14.0. The average Bonchev–Trinajstić information content (AvgIpc) is 2.80. The van der Waals surface area contributed by atoms with Crippen LogP contribution in [0, 0.1) is 5.82 Å². The van der Waals surface area contributed by atoms with Crippen LogP contribution in [0.4, 0.5) is 4.39 Å². The number of hydrogen-bond donors (Lipinski definition) is 0. The molecule has 0 aliphatic carbocycles. The summed E-state index contributed by atoms with van der Waals surface area (Å²) in [6.45, 7) is 2.06. The monoisotopic (exact) mass is 340 g/mol. The van der Waals surface area contributed by atoms with Gasteiger partial charge in [0.05, 0.1) is 6.42 Å². The SMILES string of the molecule is O=C(Cc1ccc(F)cc1)N1CCC(=O)N(Cc2ccccc2)CC1. The molecule has 0 radical (unpaired) electrons. The molecule has 0 saturated carbocycles. The molecule has 0 aromatic heterocycles. The third-order valence-corrected chi connectivity index (χ3v) is 4.43. The third-order valence-electron chi connectivity index (χ3n) is 4.43. The Morgan fingerprint density at radius 2 is 1.64 bits per heavy atom. The highest BCUT2D eigenvalue weighted by Crippen LogP contribution is 2.12. The highest BCUT2D eigenvalue weighted by molar-refractivity contribution is 5.81. The number of benzene rings is 2. The topological polar surface area (TPSA) is 40.6 Å². The van der Waals surface area contributed by atoms with Crippen LogP contribution < -0.4 is 0 Å². The Hall–Kier alpha value is -2.69. The lowest BCUT2D eigenvalue weighted by Gasteiger charge is -2.22. The van der Waals surface area contributed by atoms with Crippen molar-refractivity contribution in [3.05, 3.63) is 71.5 Å². The molecule has 2 aromatic rings. The molecule has 0 bridgehead atoms. The first kappa shape index (κ1) is 17.1. The first-order valence-corrected chi connectivity index (χ1v) is 8.46. The normalized spacial score (nSPS) is 15.2. The molecule has 1 fully saturated rings. The Kier molecular flexibility index (Phi) is 5.43. The standard InChI is InChI=1S/C20H21FN2O2/c21-18-8-6-16(7-9-18)14-20(25)22-11-10-19(24)23(13-12-22)15-17-4-2-1-3-5-17/h1-9H,10-15H2. The van der Waals surface area contributed by atoms with Crippen molar-refractivity contribution in [3.8, 4) is 0 Å². The van der Waals surface area contributed by atoms with Crippen molar-refractivity contribution in [2.45, 2.75) is 19.4 Å². The van der Waals surface area contributed by atoms with Gasteiger partial charge in [-0.2, -0.15) is 0 Å². The number of hydrogen-bond acceptors (Lipinski definition) is 2. The molecule has 1 saturated heterocycles. The molecule has 1 heterocycles. The van der Waals surface area contributed by atoms with Gasteiger partial charge in [-0.25, -0.2) is 4.39 Å². The van der Waals surface area contributed by atoms with E-state index in [2.05, 4.69) is 0 Å². The zero-order valence-electron chi connectivity index (χ0n) is 14.0. The van der Waals surface area contributed by atoms with E-state index in [1.165, 1.54) is 12.1 Å². The van der Waals surface area contributed by atoms with Gasteiger partial charge in [-0.1, -0.05) is 42.5 Å². The maximum atomic E-state index is 13.0. The molecule has 0 N–H and O–H groups in total. The van der Waals surface area contributed by atoms with Gasteiger partial charge in [-0.15, -0.1) is 0 Å². The zero-order chi connectivity index (χ0) is 17.6. The summed E-state index contributed by atoms with van der Waals surface area (Å²) in [5, 5.41) is 0. The quantitative estimate of drug-likeness (QED) is 0.858. The number of carbonyl (C=O) groups excluding carboxylic acids is 2. The second-order valence-corrected chi connectivity index (χ2v) is 6.23. The summed E-state index contributed by atoms with van der Waals surface area (Å²) in [6, 6.07) is 15.8. The summed E-state index contributed by atoms with van der Waals surface area (Å²) >= 11 is 0. The number of halogens is 1. The molecule has 3 rings (SSSR count). The molecular weight excluding hydrogens is 319 g/mol. The van der Waals surface area contributed by atoms with Crippen LogP contribution >= 0.6 is 0 Å². The van der Waals surface area contributed by atoms with Crippen LogP contribution in [0.1, 0.15) is 17.5 Å². The first-order valence-electron chi connectivity index (χ1n) is 8.46. The van der Waals surface area contributed by atoms with Gasteiger partial charge in [0.2, 0.25) is 11.8 Å². The summed E-state index contributed by atoms with van der Waals surface area (Å²) in [5.41, 5.74) is 1.87. The van der Waals surface area contributed by atoms with E-state index < -0.39 is 0 Å². The fourth-order valence-corrected chi connectivity index (χ4v) is 2.98. The van der Waals surface area contributed by atoms with E-state index in [9.17, 15) is 14.0 Å². The van der Waals surface area contributed by atoms with Gasteiger partial charge in [-0.3, -0.25) is 9.59 Å². The molecule has 4 nitrogen and oxygen atoms in total. The predicted molar refractivity (Wildman–Crippen MR) is 93.2 cm³/mol. The van der Waals surface area contributed by atoms with E-state index in [1.54, 1.807) is 21.9 Å². The number of nitrogens with zero attached hydrogens (tertiary/aromatic N) is 2. The van der Waals surface area contributed by atoms with Crippen LogP contribution in [0.25, 0.3) is 0 Å². The van der Waals surface area contributed by atoms with Crippen LogP contribution in [-0.2, 0) is 22.6 Å². The minimum Gasteiger partial charge on any atom is -0.340 e. The Morgan fingerprint density at radius 1 is 0.920 bits per heavy atom. The first-order chi connectivity index (χ1) is 12.1. The lowest BCUT2D eigenvalue weighted by atomic mass is 10.1. The molecule has 130 valence electrons. The summed E-state index contributed by atoms with van der Waals surface area (Å²) in [6.07, 6.45) is 0.565. The molecule has 0 spiro atoms. The van der Waals surface area contributed by atoms with Gasteiger partial charge in [-0.05, 0) is 23.3 Å². The fraction of sp³-hybridized carbons (Fsp3) is 0.300. The van der Waals surface area contributed by atoms with Crippen molar-refractivity contribution in [3.63, 3.8) is 0 Å². The van der Waals surface area contributed by atoms with Crippen LogP contribution in [0.3, 0.4) is 0 Å². The van der Waals surface area contributed by atoms with E-state index in [0.717, 1.165) is 11.1 Å². The van der Waals surface area contributed by atoms with E-state index in [0.29, 0.717) is 32.6 Å². The minimum absolute atomic E-state index is 0.0269. The van der Waals surface area contributed by atoms with Gasteiger partial charge in [0, 0.05) is 32.6 Å². The van der Waals surface area contributed by atoms with Crippen molar-refractivity contribution in [1.82, 2.24) is 9.80 Å². The number of amides is 2. The molecule has 2 amide bonds. The summed E-state index contributed by atoms with van der Waals surface area (Å²) in [4.78, 5) is 28.3. The molecule has 5 heteroatoms. The summed E-state index contributed by atoms with van der Waals surface area (Å²) in [7, 11) is 0. The van der Waals surface area contributed by atoms with Gasteiger partial charge in [0.25, 0.3) is 0 Å². The highest BCUT2D eigenvalue weighted by atomic mass is 19.1. The lowest BCUT2D eigenvalue weighted by molar-refractivity contribution is -0.130. The van der Waals surface area contributed by atoms with Crippen LogP contribution in [0.15, 0.2) is 54.6 Å². The van der Waals surface area contributed by atoms with Gasteiger partial charge in [0.1, 0.15) is 5.82 Å².